The summed E-state index contributed by atoms with van der Waals surface area (Å²) < 4.78 is 26.8. The lowest BCUT2D eigenvalue weighted by molar-refractivity contribution is 0.301. The highest BCUT2D eigenvalue weighted by molar-refractivity contribution is 5.76. The second-order valence-corrected chi connectivity index (χ2v) is 28.7. The Labute approximate surface area is 589 Å². The number of nitriles is 2. The first-order valence-electron chi connectivity index (χ1n) is 35.2. The predicted octanol–water partition coefficient (Wildman–Crippen LogP) is 13.5. The highest BCUT2D eigenvalue weighted by atomic mass is 19.1. The summed E-state index contributed by atoms with van der Waals surface area (Å²) in [7, 11) is 10.7. The summed E-state index contributed by atoms with van der Waals surface area (Å²) in [5.74, 6) is 6.34. The van der Waals surface area contributed by atoms with E-state index in [0.717, 1.165) is 157 Å². The molecule has 19 heteroatoms. The Kier molecular flexibility index (Phi) is 17.2. The summed E-state index contributed by atoms with van der Waals surface area (Å²) >= 11 is 0. The molecule has 0 amide bonds. The van der Waals surface area contributed by atoms with Gasteiger partial charge in [-0.05, 0) is 203 Å². The Morgan fingerprint density at radius 3 is 1.43 bits per heavy atom. The minimum Gasteiger partial charge on any atom is -0.371 e. The van der Waals surface area contributed by atoms with Crippen molar-refractivity contribution in [2.24, 2.45) is 23.7 Å². The van der Waals surface area contributed by atoms with Crippen molar-refractivity contribution in [2.75, 3.05) is 102 Å². The third kappa shape index (κ3) is 12.5. The van der Waals surface area contributed by atoms with Gasteiger partial charge in [0.05, 0.1) is 69.6 Å². The molecule has 0 bridgehead atoms. The van der Waals surface area contributed by atoms with Crippen LogP contribution in [0.5, 0.6) is 0 Å². The number of anilines is 3. The van der Waals surface area contributed by atoms with Crippen molar-refractivity contribution >= 4 is 17.2 Å². The average molecular weight is 1340 g/mol. The van der Waals surface area contributed by atoms with E-state index in [1.54, 1.807) is 0 Å². The quantitative estimate of drug-likeness (QED) is 0.131. The smallest absolute Gasteiger partial charge is 0.161 e. The lowest BCUT2D eigenvalue weighted by atomic mass is 9.98. The molecule has 0 aliphatic carbocycles. The third-order valence-corrected chi connectivity index (χ3v) is 21.6. The summed E-state index contributed by atoms with van der Waals surface area (Å²) in [6, 6.07) is 51.8. The molecular weight excluding hydrogens is 1260 g/mol. The highest BCUT2D eigenvalue weighted by Crippen LogP contribution is 2.41. The molecule has 0 spiro atoms. The van der Waals surface area contributed by atoms with Crippen LogP contribution in [0.15, 0.2) is 195 Å². The lowest BCUT2D eigenvalue weighted by Gasteiger charge is -2.22. The molecule has 6 aliphatic rings. The van der Waals surface area contributed by atoms with Crippen LogP contribution in [0.4, 0.5) is 21.6 Å². The largest absolute Gasteiger partial charge is 0.371 e. The van der Waals surface area contributed by atoms with Crippen LogP contribution in [0.2, 0.25) is 0 Å². The molecule has 18 nitrogen and oxygen atoms in total. The number of rotatable bonds is 11. The molecule has 13 heterocycles. The van der Waals surface area contributed by atoms with E-state index < -0.39 is 0 Å². The van der Waals surface area contributed by atoms with Gasteiger partial charge in [0.25, 0.3) is 0 Å². The number of fused-ring (bicyclic) bond motifs is 15. The van der Waals surface area contributed by atoms with Crippen LogP contribution < -0.4 is 20.0 Å². The molecular formula is C82H83FN18. The Bertz CT molecular complexity index is 5100. The summed E-state index contributed by atoms with van der Waals surface area (Å²) in [6.07, 6.45) is 19.4. The van der Waals surface area contributed by atoms with Crippen molar-refractivity contribution < 1.29 is 4.39 Å². The maximum atomic E-state index is 13.4. The molecule has 12 aromatic rings. The van der Waals surface area contributed by atoms with Crippen LogP contribution in [0.1, 0.15) is 48.2 Å². The van der Waals surface area contributed by atoms with Crippen molar-refractivity contribution in [1.82, 2.24) is 62.5 Å². The van der Waals surface area contributed by atoms with Crippen LogP contribution in [-0.4, -0.2) is 151 Å². The standard InChI is InChI=1S/C29H30N6.C27H28FN5.C26H25N7/c1-20-15-33(19-25(20)16-32(2)3)26-8-9-27-24(12-26)18-34-17-23(22-6-4-21(14-30)5-7-22)13-28(34)29-31-10-11-35(27)29;1-18-14-31(17-22(18)13-29-2)24-7-8-25-21(11-24)16-32-15-20(19-3-5-23(28)6-4-19)12-26(32)27-30-9-10-33(25)27;1-30(2)21-9-11-31(16-21)25-8-7-23-22(29-25)17-32-15-20(19-5-3-18(14-27)4-6-19)13-24(32)26-28-10-12-33(23)26/h4-13,17,20,25H,15-16,18-19H2,1-3H3;3-12,15,18,22,29H,13-14,16-17H2,1-2H3;3-8,10,12-13,15,21H,9,11,16-17H2,1-2H3/t20-,25-;18-,22+;21-/m011/s1. The third-order valence-electron chi connectivity index (χ3n) is 21.6. The molecule has 0 radical (unpaired) electrons. The zero-order chi connectivity index (χ0) is 69.2. The molecule has 508 valence electrons. The van der Waals surface area contributed by atoms with Gasteiger partial charge in [0.15, 0.2) is 17.5 Å². The van der Waals surface area contributed by atoms with Gasteiger partial charge in [-0.25, -0.2) is 24.3 Å². The van der Waals surface area contributed by atoms with Gasteiger partial charge in [-0.15, -0.1) is 0 Å². The summed E-state index contributed by atoms with van der Waals surface area (Å²) in [4.78, 5) is 31.3. The number of aromatic nitrogens is 10. The van der Waals surface area contributed by atoms with Gasteiger partial charge in [0.2, 0.25) is 0 Å². The Balaban J connectivity index is 0.000000118. The molecule has 18 rings (SSSR count). The second-order valence-electron chi connectivity index (χ2n) is 28.7. The van der Waals surface area contributed by atoms with Gasteiger partial charge < -0.3 is 43.5 Å². The first-order valence-corrected chi connectivity index (χ1v) is 35.2. The zero-order valence-corrected chi connectivity index (χ0v) is 58.3. The van der Waals surface area contributed by atoms with E-state index >= 15 is 0 Å². The minimum absolute atomic E-state index is 0.218. The van der Waals surface area contributed by atoms with Gasteiger partial charge >= 0.3 is 0 Å². The molecule has 3 saturated heterocycles. The van der Waals surface area contributed by atoms with Crippen LogP contribution >= 0.6 is 0 Å². The van der Waals surface area contributed by atoms with E-state index in [1.807, 2.05) is 98.7 Å². The number of nitrogens with one attached hydrogen (secondary N) is 1. The van der Waals surface area contributed by atoms with Gasteiger partial charge in [-0.1, -0.05) is 50.2 Å². The zero-order valence-electron chi connectivity index (χ0n) is 58.3. The number of benzene rings is 5. The maximum absolute atomic E-state index is 13.4. The van der Waals surface area contributed by atoms with E-state index in [9.17, 15) is 4.39 Å². The van der Waals surface area contributed by atoms with E-state index in [0.29, 0.717) is 47.4 Å². The average Bonchev–Trinajstić information content (AvgIpc) is 1.62. The topological polar surface area (TPSA) is 157 Å². The van der Waals surface area contributed by atoms with E-state index in [1.165, 1.54) is 46.0 Å². The molecule has 0 unspecified atom stereocenters. The fraction of sp³-hybridized carbons (Fsp3) is 0.293. The number of imidazole rings is 3. The monoisotopic (exact) mass is 1340 g/mol. The molecule has 0 saturated carbocycles. The van der Waals surface area contributed by atoms with Crippen molar-refractivity contribution in [3.8, 4) is 97.1 Å². The molecule has 5 aromatic carbocycles. The normalized spacial score (nSPS) is 18.2. The Morgan fingerprint density at radius 2 is 0.960 bits per heavy atom. The summed E-state index contributed by atoms with van der Waals surface area (Å²) in [5, 5.41) is 21.6. The van der Waals surface area contributed by atoms with E-state index in [2.05, 4.69) is 213 Å². The maximum Gasteiger partial charge on any atom is 0.161 e. The van der Waals surface area contributed by atoms with E-state index in [-0.39, 0.29) is 5.82 Å². The molecule has 1 N–H and O–H groups in total. The first kappa shape index (κ1) is 64.6. The molecule has 7 aromatic heterocycles. The number of pyridine rings is 1. The molecule has 5 atom stereocenters. The highest BCUT2D eigenvalue weighted by Gasteiger charge is 2.34. The molecule has 3 fully saturated rings. The van der Waals surface area contributed by atoms with Crippen molar-refractivity contribution in [2.45, 2.75) is 45.9 Å². The van der Waals surface area contributed by atoms with Crippen molar-refractivity contribution in [1.29, 1.82) is 10.5 Å². The van der Waals surface area contributed by atoms with Crippen molar-refractivity contribution in [3.05, 3.63) is 229 Å². The fourth-order valence-electron chi connectivity index (χ4n) is 16.0. The van der Waals surface area contributed by atoms with Gasteiger partial charge in [0.1, 0.15) is 11.6 Å². The number of hydrogen-bond donors (Lipinski definition) is 1. The number of hydrogen-bond acceptors (Lipinski definition) is 12. The SMILES string of the molecule is CN(C)[C@@H]1CCN(c2ccc3c(n2)Cn2cc(-c4ccc(C#N)cc4)cc2-c2nccn2-3)C1.CNC[C@H]1CN(c2ccc3c(c2)Cn2cc(-c4ccc(F)cc4)cc2-c2nccn2-3)C[C@H]1C.C[C@H]1CN(c2ccc3c(c2)Cn2cc(-c4ccc(C#N)cc4)cc2-c2nccn2-3)C[C@@H]1CN(C)C. The lowest BCUT2D eigenvalue weighted by Crippen LogP contribution is -2.31. The molecule has 6 aliphatic heterocycles. The fourth-order valence-corrected chi connectivity index (χ4v) is 16.0. The minimum atomic E-state index is -0.218. The Hall–Kier alpha value is -11.1. The van der Waals surface area contributed by atoms with Crippen LogP contribution in [0.25, 0.3) is 85.0 Å². The molecule has 101 heavy (non-hydrogen) atoms. The number of likely N-dealkylation sites (N-methyl/N-ethyl adjacent to an activating group) is 1. The first-order chi connectivity index (χ1) is 49.2. The summed E-state index contributed by atoms with van der Waals surface area (Å²) in [6.45, 7) is 15.6. The van der Waals surface area contributed by atoms with Crippen LogP contribution in [0, 0.1) is 52.2 Å². The predicted molar refractivity (Wildman–Crippen MR) is 398 cm³/mol. The van der Waals surface area contributed by atoms with Gasteiger partial charge in [-0.2, -0.15) is 10.5 Å². The summed E-state index contributed by atoms with van der Waals surface area (Å²) in [5.41, 5.74) is 20.8. The van der Waals surface area contributed by atoms with Crippen LogP contribution in [-0.2, 0) is 19.6 Å². The second kappa shape index (κ2) is 26.9. The number of nitrogens with zero attached hydrogens (tertiary/aromatic N) is 17. The van der Waals surface area contributed by atoms with E-state index in [4.69, 9.17) is 20.5 Å². The van der Waals surface area contributed by atoms with Gasteiger partial charge in [-0.3, -0.25) is 13.7 Å². The number of halogens is 1. The van der Waals surface area contributed by atoms with Gasteiger partial charge in [0, 0.05) is 149 Å². The Morgan fingerprint density at radius 1 is 0.505 bits per heavy atom. The van der Waals surface area contributed by atoms with Crippen LogP contribution in [0.3, 0.4) is 0 Å². The van der Waals surface area contributed by atoms with Crippen molar-refractivity contribution in [3.63, 3.8) is 0 Å².